The number of hydrogen-bond acceptors (Lipinski definition) is 6. The van der Waals surface area contributed by atoms with E-state index in [9.17, 15) is 4.79 Å². The Morgan fingerprint density at radius 1 is 0.430 bits per heavy atom. The number of carbonyl (C=O) groups is 1. The second-order valence-electron chi connectivity index (χ2n) is 28.3. The van der Waals surface area contributed by atoms with Gasteiger partial charge >= 0.3 is 5.97 Å². The van der Waals surface area contributed by atoms with Crippen LogP contribution < -0.4 is 0 Å². The Labute approximate surface area is 493 Å². The van der Waals surface area contributed by atoms with Gasteiger partial charge in [-0.15, -0.1) is 0 Å². The van der Waals surface area contributed by atoms with Crippen LogP contribution >= 0.6 is 0 Å². The Kier molecular flexibility index (Phi) is 38.8. The molecule has 0 spiro atoms. The second kappa shape index (κ2) is 43.5. The Hall–Kier alpha value is -1.11. The van der Waals surface area contributed by atoms with Crippen LogP contribution in [0, 0.1) is 76.9 Å². The van der Waals surface area contributed by atoms with Crippen LogP contribution in [0.1, 0.15) is 319 Å². The first-order valence-corrected chi connectivity index (χ1v) is 35.9. The average Bonchev–Trinajstić information content (AvgIpc) is 4.32. The SMILES string of the molecule is C=C(CCC(CCCC(C)CCCC(C)CC)CCCC1CC1CC1CC1CCC)OCCCCCCN(CCCCC)CCCCCCOC(=O)CCC(OCCC(C)CCCC(C)CC)OCCC1CC1CC1CC1CC. The van der Waals surface area contributed by atoms with Crippen molar-refractivity contribution in [2.24, 2.45) is 76.9 Å². The van der Waals surface area contributed by atoms with E-state index in [4.69, 9.17) is 18.9 Å². The van der Waals surface area contributed by atoms with Gasteiger partial charge in [0.1, 0.15) is 0 Å². The molecule has 4 rings (SSSR count). The van der Waals surface area contributed by atoms with E-state index in [2.05, 4.69) is 73.8 Å². The van der Waals surface area contributed by atoms with Crippen molar-refractivity contribution in [3.63, 3.8) is 0 Å². The van der Waals surface area contributed by atoms with E-state index in [0.29, 0.717) is 32.0 Å². The topological polar surface area (TPSA) is 57.2 Å². The van der Waals surface area contributed by atoms with Crippen LogP contribution in [0.2, 0.25) is 0 Å². The molecule has 4 aliphatic carbocycles. The summed E-state index contributed by atoms with van der Waals surface area (Å²) in [6.45, 7) is 32.2. The number of ether oxygens (including phenoxy) is 4. The molecule has 4 fully saturated rings. The summed E-state index contributed by atoms with van der Waals surface area (Å²) in [6, 6.07) is 0. The molecule has 0 aromatic heterocycles. The number of allylic oxidation sites excluding steroid dienone is 1. The number of nitrogens with zero attached hydrogens (tertiary/aromatic N) is 1. The molecule has 0 aliphatic heterocycles. The predicted molar refractivity (Wildman–Crippen MR) is 339 cm³/mol. The zero-order valence-electron chi connectivity index (χ0n) is 54.5. The van der Waals surface area contributed by atoms with Crippen LogP contribution in [0.15, 0.2) is 12.3 Å². The van der Waals surface area contributed by atoms with Gasteiger partial charge in [0.25, 0.3) is 0 Å². The van der Waals surface area contributed by atoms with Gasteiger partial charge in [-0.2, -0.15) is 0 Å². The highest BCUT2D eigenvalue weighted by Crippen LogP contribution is 2.55. The zero-order valence-corrected chi connectivity index (χ0v) is 54.5. The molecular weight excluding hydrogens is 971 g/mol. The maximum absolute atomic E-state index is 12.9. The number of rotatable bonds is 58. The fourth-order valence-electron chi connectivity index (χ4n) is 13.9. The minimum atomic E-state index is -0.310. The molecule has 4 saturated carbocycles. The van der Waals surface area contributed by atoms with Gasteiger partial charge < -0.3 is 23.8 Å². The maximum atomic E-state index is 12.9. The van der Waals surface area contributed by atoms with Crippen LogP contribution in [-0.4, -0.2) is 63.2 Å². The van der Waals surface area contributed by atoms with Crippen LogP contribution in [0.4, 0.5) is 0 Å². The van der Waals surface area contributed by atoms with Crippen LogP contribution in [0.5, 0.6) is 0 Å². The van der Waals surface area contributed by atoms with E-state index in [-0.39, 0.29) is 12.3 Å². The van der Waals surface area contributed by atoms with E-state index in [1.165, 1.54) is 212 Å². The number of carbonyl (C=O) groups excluding carboxylic acids is 1. The quantitative estimate of drug-likeness (QED) is 0.0262. The van der Waals surface area contributed by atoms with Gasteiger partial charge in [-0.1, -0.05) is 217 Å². The summed E-state index contributed by atoms with van der Waals surface area (Å²) in [5.41, 5.74) is 0. The van der Waals surface area contributed by atoms with E-state index in [1.807, 2.05) is 0 Å². The third-order valence-electron chi connectivity index (χ3n) is 20.9. The van der Waals surface area contributed by atoms with Crippen molar-refractivity contribution in [3.05, 3.63) is 12.3 Å². The molecule has 0 radical (unpaired) electrons. The molecule has 6 heteroatoms. The largest absolute Gasteiger partial charge is 0.499 e. The summed E-state index contributed by atoms with van der Waals surface area (Å²) in [4.78, 5) is 15.6. The highest BCUT2D eigenvalue weighted by Gasteiger charge is 2.45. The Morgan fingerprint density at radius 3 is 1.51 bits per heavy atom. The van der Waals surface area contributed by atoms with Gasteiger partial charge in [0, 0.05) is 19.4 Å². The Morgan fingerprint density at radius 2 is 0.924 bits per heavy atom. The third-order valence-corrected chi connectivity index (χ3v) is 20.9. The van der Waals surface area contributed by atoms with E-state index in [1.54, 1.807) is 12.8 Å². The highest BCUT2D eigenvalue weighted by atomic mass is 16.7. The predicted octanol–water partition coefficient (Wildman–Crippen LogP) is 21.6. The Bertz CT molecular complexity index is 1490. The summed E-state index contributed by atoms with van der Waals surface area (Å²) in [6.07, 6.45) is 50.9. The molecular formula is C73H137NO5. The lowest BCUT2D eigenvalue weighted by molar-refractivity contribution is -0.160. The van der Waals surface area contributed by atoms with Crippen molar-refractivity contribution in [2.75, 3.05) is 46.1 Å². The van der Waals surface area contributed by atoms with Crippen LogP contribution in [0.25, 0.3) is 0 Å². The van der Waals surface area contributed by atoms with Crippen LogP contribution in [0.3, 0.4) is 0 Å². The van der Waals surface area contributed by atoms with Crippen molar-refractivity contribution >= 4 is 5.97 Å². The van der Waals surface area contributed by atoms with Crippen molar-refractivity contribution in [3.8, 4) is 0 Å². The lowest BCUT2D eigenvalue weighted by Gasteiger charge is -2.22. The molecule has 0 saturated heterocycles. The number of hydrogen-bond donors (Lipinski definition) is 0. The summed E-state index contributed by atoms with van der Waals surface area (Å²) in [5.74, 6) is 13.0. The van der Waals surface area contributed by atoms with Gasteiger partial charge in [0.15, 0.2) is 6.29 Å². The molecule has 0 amide bonds. The summed E-state index contributed by atoms with van der Waals surface area (Å²) in [7, 11) is 0. The molecule has 0 heterocycles. The van der Waals surface area contributed by atoms with Gasteiger partial charge in [-0.05, 0) is 186 Å². The second-order valence-corrected chi connectivity index (χ2v) is 28.3. The van der Waals surface area contributed by atoms with Crippen molar-refractivity contribution in [1.82, 2.24) is 4.90 Å². The molecule has 0 aromatic carbocycles. The molecule has 14 unspecified atom stereocenters. The first-order valence-electron chi connectivity index (χ1n) is 35.9. The first kappa shape index (κ1) is 70.4. The maximum Gasteiger partial charge on any atom is 0.305 e. The smallest absolute Gasteiger partial charge is 0.305 e. The summed E-state index contributed by atoms with van der Waals surface area (Å²) in [5, 5.41) is 0. The molecule has 6 nitrogen and oxygen atoms in total. The molecule has 464 valence electrons. The van der Waals surface area contributed by atoms with Gasteiger partial charge in [-0.25, -0.2) is 0 Å². The van der Waals surface area contributed by atoms with Crippen molar-refractivity contribution < 1.29 is 23.7 Å². The molecule has 79 heavy (non-hydrogen) atoms. The minimum absolute atomic E-state index is 0.102. The third kappa shape index (κ3) is 35.1. The fourth-order valence-corrected chi connectivity index (χ4v) is 13.9. The summed E-state index contributed by atoms with van der Waals surface area (Å²) >= 11 is 0. The lowest BCUT2D eigenvalue weighted by Crippen LogP contribution is -2.27. The normalized spacial score (nSPS) is 24.5. The summed E-state index contributed by atoms with van der Waals surface area (Å²) < 4.78 is 24.8. The van der Waals surface area contributed by atoms with Crippen molar-refractivity contribution in [1.29, 1.82) is 0 Å². The number of esters is 1. The Balaban J connectivity index is 1.03. The molecule has 14 atom stereocenters. The van der Waals surface area contributed by atoms with E-state index < -0.39 is 0 Å². The fraction of sp³-hybridized carbons (Fsp3) is 0.959. The number of unbranched alkanes of at least 4 members (excludes halogenated alkanes) is 8. The highest BCUT2D eigenvalue weighted by molar-refractivity contribution is 5.69. The first-order chi connectivity index (χ1) is 38.4. The molecule has 0 aromatic rings. The minimum Gasteiger partial charge on any atom is -0.499 e. The lowest BCUT2D eigenvalue weighted by atomic mass is 9.88. The van der Waals surface area contributed by atoms with Gasteiger partial charge in [-0.3, -0.25) is 4.79 Å². The van der Waals surface area contributed by atoms with Gasteiger partial charge in [0.2, 0.25) is 0 Å². The molecule has 0 N–H and O–H groups in total. The molecule has 4 aliphatic rings. The zero-order chi connectivity index (χ0) is 56.9. The monoisotopic (exact) mass is 1110 g/mol. The molecule has 0 bridgehead atoms. The standard InChI is InChI=1S/C73H137NO5/c1-11-16-21-45-74(47-23-18-20-25-49-77-72(75)41-42-73(78-50-43-61(9)34-27-32-59(7)14-4)79-51-44-67-55-71(67)56-68-52-64(68)15-5)46-22-17-19-24-48-76-62(10)39-40-63(36-28-35-60(8)33-26-31-58(6)13-3)37-29-38-66-54-70(66)57-69-53-65(69)30-12-2/h58-61,63-71,73H,10-57H2,1-9H3. The average molecular weight is 1110 g/mol. The van der Waals surface area contributed by atoms with Crippen LogP contribution in [-0.2, 0) is 23.7 Å². The van der Waals surface area contributed by atoms with E-state index >= 15 is 0 Å². The van der Waals surface area contributed by atoms with Gasteiger partial charge in [0.05, 0.1) is 32.0 Å². The van der Waals surface area contributed by atoms with Crippen molar-refractivity contribution in [2.45, 2.75) is 325 Å². The van der Waals surface area contributed by atoms with E-state index in [0.717, 1.165) is 129 Å².